The van der Waals surface area contributed by atoms with Gasteiger partial charge in [-0.25, -0.2) is 0 Å². The zero-order valence-corrected chi connectivity index (χ0v) is 9.62. The van der Waals surface area contributed by atoms with E-state index in [0.717, 1.165) is 3.57 Å². The number of anilines is 1. The minimum atomic E-state index is -0.121. The average Bonchev–Trinajstić information content (AvgIpc) is 2.58. The summed E-state index contributed by atoms with van der Waals surface area (Å²) in [5, 5.41) is 2.69. The normalized spacial score (nSPS) is 12.7. The van der Waals surface area contributed by atoms with Crippen LogP contribution in [-0.2, 0) is 4.79 Å². The van der Waals surface area contributed by atoms with Crippen molar-refractivity contribution < 1.29 is 14.3 Å². The van der Waals surface area contributed by atoms with E-state index in [0.29, 0.717) is 17.2 Å². The number of halogens is 1. The Kier molecular flexibility index (Phi) is 2.49. The quantitative estimate of drug-likeness (QED) is 0.807. The van der Waals surface area contributed by atoms with E-state index in [1.807, 2.05) is 6.07 Å². The Labute approximate surface area is 94.7 Å². The molecule has 0 spiro atoms. The third-order valence-corrected chi connectivity index (χ3v) is 2.63. The number of amides is 1. The van der Waals surface area contributed by atoms with Gasteiger partial charge in [0, 0.05) is 6.92 Å². The van der Waals surface area contributed by atoms with Crippen molar-refractivity contribution in [2.45, 2.75) is 6.92 Å². The predicted molar refractivity (Wildman–Crippen MR) is 59.6 cm³/mol. The highest BCUT2D eigenvalue weighted by Gasteiger charge is 2.21. The van der Waals surface area contributed by atoms with Gasteiger partial charge in [-0.2, -0.15) is 0 Å². The fourth-order valence-corrected chi connectivity index (χ4v) is 1.83. The summed E-state index contributed by atoms with van der Waals surface area (Å²) < 4.78 is 11.5. The average molecular weight is 305 g/mol. The Morgan fingerprint density at radius 1 is 1.43 bits per heavy atom. The number of benzene rings is 1. The smallest absolute Gasteiger partial charge is 0.231 e. The maximum Gasteiger partial charge on any atom is 0.231 e. The molecule has 0 unspecified atom stereocenters. The van der Waals surface area contributed by atoms with Gasteiger partial charge in [-0.3, -0.25) is 4.79 Å². The molecule has 0 saturated heterocycles. The molecule has 0 atom stereocenters. The van der Waals surface area contributed by atoms with Gasteiger partial charge < -0.3 is 14.8 Å². The number of rotatable bonds is 1. The fourth-order valence-electron chi connectivity index (χ4n) is 1.25. The van der Waals surface area contributed by atoms with Gasteiger partial charge in [0.25, 0.3) is 0 Å². The Bertz CT molecular complexity index is 392. The molecule has 0 aromatic heterocycles. The zero-order chi connectivity index (χ0) is 10.1. The molecule has 1 amide bonds. The number of hydrogen-bond acceptors (Lipinski definition) is 3. The van der Waals surface area contributed by atoms with E-state index < -0.39 is 0 Å². The lowest BCUT2D eigenvalue weighted by atomic mass is 10.2. The van der Waals surface area contributed by atoms with Crippen molar-refractivity contribution in [3.05, 3.63) is 15.7 Å². The van der Waals surface area contributed by atoms with Crippen molar-refractivity contribution in [2.75, 3.05) is 12.1 Å². The first-order chi connectivity index (χ1) is 6.68. The molecule has 0 saturated carbocycles. The summed E-state index contributed by atoms with van der Waals surface area (Å²) in [6, 6.07) is 3.68. The highest BCUT2D eigenvalue weighted by atomic mass is 127. The van der Waals surface area contributed by atoms with Crippen LogP contribution in [0.4, 0.5) is 5.69 Å². The second kappa shape index (κ2) is 3.64. The molecule has 14 heavy (non-hydrogen) atoms. The summed E-state index contributed by atoms with van der Waals surface area (Å²) in [5.41, 5.74) is 0.658. The van der Waals surface area contributed by atoms with Crippen LogP contribution in [0, 0.1) is 3.57 Å². The minimum absolute atomic E-state index is 0.121. The lowest BCUT2D eigenvalue weighted by molar-refractivity contribution is -0.114. The Balaban J connectivity index is 2.43. The van der Waals surface area contributed by atoms with E-state index in [1.165, 1.54) is 6.92 Å². The van der Waals surface area contributed by atoms with Gasteiger partial charge in [0.2, 0.25) is 12.7 Å². The standard InChI is InChI=1S/C9H8INO3/c1-5(12)11-7-3-2-6(10)8-9(7)14-4-13-8/h2-3H,4H2,1H3,(H,11,12). The van der Waals surface area contributed by atoms with Crippen LogP contribution in [0.1, 0.15) is 6.92 Å². The second-order valence-electron chi connectivity index (χ2n) is 2.84. The number of ether oxygens (including phenoxy) is 2. The molecular formula is C9H8INO3. The van der Waals surface area contributed by atoms with Crippen LogP contribution < -0.4 is 14.8 Å². The van der Waals surface area contributed by atoms with Crippen LogP contribution in [0.3, 0.4) is 0 Å². The fraction of sp³-hybridized carbons (Fsp3) is 0.222. The molecule has 1 aliphatic rings. The first kappa shape index (κ1) is 9.57. The molecule has 5 heteroatoms. The van der Waals surface area contributed by atoms with Gasteiger partial charge in [-0.05, 0) is 34.7 Å². The van der Waals surface area contributed by atoms with Crippen LogP contribution >= 0.6 is 22.6 Å². The van der Waals surface area contributed by atoms with Crippen molar-refractivity contribution in [1.82, 2.24) is 0 Å². The summed E-state index contributed by atoms with van der Waals surface area (Å²) in [7, 11) is 0. The molecule has 0 aliphatic carbocycles. The van der Waals surface area contributed by atoms with Crippen LogP contribution in [0.2, 0.25) is 0 Å². The molecule has 1 aromatic rings. The predicted octanol–water partition coefficient (Wildman–Crippen LogP) is 1.98. The van der Waals surface area contributed by atoms with Crippen molar-refractivity contribution in [3.8, 4) is 11.5 Å². The van der Waals surface area contributed by atoms with Crippen molar-refractivity contribution in [1.29, 1.82) is 0 Å². The molecule has 1 heterocycles. The highest BCUT2D eigenvalue weighted by molar-refractivity contribution is 14.1. The van der Waals surface area contributed by atoms with Crippen molar-refractivity contribution in [3.63, 3.8) is 0 Å². The first-order valence-corrected chi connectivity index (χ1v) is 5.12. The molecule has 2 rings (SSSR count). The lowest BCUT2D eigenvalue weighted by Crippen LogP contribution is -2.06. The number of fused-ring (bicyclic) bond motifs is 1. The summed E-state index contributed by atoms with van der Waals surface area (Å²) in [4.78, 5) is 10.9. The maximum atomic E-state index is 10.9. The Morgan fingerprint density at radius 3 is 2.86 bits per heavy atom. The maximum absolute atomic E-state index is 10.9. The Morgan fingerprint density at radius 2 is 2.14 bits per heavy atom. The number of nitrogens with one attached hydrogen (secondary N) is 1. The van der Waals surface area contributed by atoms with Crippen LogP contribution in [0.5, 0.6) is 11.5 Å². The van der Waals surface area contributed by atoms with E-state index in [-0.39, 0.29) is 12.7 Å². The molecule has 1 N–H and O–H groups in total. The summed E-state index contributed by atoms with van der Waals surface area (Å²) in [5.74, 6) is 1.20. The summed E-state index contributed by atoms with van der Waals surface area (Å²) >= 11 is 2.16. The van der Waals surface area contributed by atoms with Gasteiger partial charge >= 0.3 is 0 Å². The monoisotopic (exact) mass is 305 g/mol. The highest BCUT2D eigenvalue weighted by Crippen LogP contribution is 2.42. The topological polar surface area (TPSA) is 47.6 Å². The van der Waals surface area contributed by atoms with Gasteiger partial charge in [0.1, 0.15) is 0 Å². The molecule has 1 aliphatic heterocycles. The zero-order valence-electron chi connectivity index (χ0n) is 7.46. The van der Waals surface area contributed by atoms with Gasteiger partial charge in [-0.15, -0.1) is 0 Å². The minimum Gasteiger partial charge on any atom is -0.452 e. The van der Waals surface area contributed by atoms with Gasteiger partial charge in [0.05, 0.1) is 9.26 Å². The Hall–Kier alpha value is -0.980. The summed E-state index contributed by atoms with van der Waals surface area (Å²) in [6.07, 6.45) is 0. The number of carbonyl (C=O) groups is 1. The van der Waals surface area contributed by atoms with Crippen LogP contribution in [0.15, 0.2) is 12.1 Å². The molecular weight excluding hydrogens is 297 g/mol. The SMILES string of the molecule is CC(=O)Nc1ccc(I)c2c1OCO2. The van der Waals surface area contributed by atoms with E-state index >= 15 is 0 Å². The van der Waals surface area contributed by atoms with E-state index in [9.17, 15) is 4.79 Å². The van der Waals surface area contributed by atoms with Gasteiger partial charge in [-0.1, -0.05) is 0 Å². The van der Waals surface area contributed by atoms with Crippen molar-refractivity contribution in [2.24, 2.45) is 0 Å². The molecule has 74 valence electrons. The second-order valence-corrected chi connectivity index (χ2v) is 4.00. The molecule has 0 bridgehead atoms. The number of carbonyl (C=O) groups excluding carboxylic acids is 1. The molecule has 0 fully saturated rings. The van der Waals surface area contributed by atoms with E-state index in [1.54, 1.807) is 6.07 Å². The molecule has 1 aromatic carbocycles. The van der Waals surface area contributed by atoms with E-state index in [2.05, 4.69) is 27.9 Å². The summed E-state index contributed by atoms with van der Waals surface area (Å²) in [6.45, 7) is 1.67. The van der Waals surface area contributed by atoms with E-state index in [4.69, 9.17) is 9.47 Å². The lowest BCUT2D eigenvalue weighted by Gasteiger charge is -2.06. The first-order valence-electron chi connectivity index (χ1n) is 4.04. The van der Waals surface area contributed by atoms with Crippen LogP contribution in [0.25, 0.3) is 0 Å². The molecule has 4 nitrogen and oxygen atoms in total. The van der Waals surface area contributed by atoms with Gasteiger partial charge in [0.15, 0.2) is 11.5 Å². The van der Waals surface area contributed by atoms with Crippen LogP contribution in [-0.4, -0.2) is 12.7 Å². The third kappa shape index (κ3) is 1.63. The largest absolute Gasteiger partial charge is 0.452 e. The third-order valence-electron chi connectivity index (χ3n) is 1.78. The number of hydrogen-bond donors (Lipinski definition) is 1. The molecule has 0 radical (unpaired) electrons. The van der Waals surface area contributed by atoms with Crippen molar-refractivity contribution >= 4 is 34.2 Å².